The molecular weight excluding hydrogens is 476 g/mol. The van der Waals surface area contributed by atoms with E-state index in [1.54, 1.807) is 0 Å². The van der Waals surface area contributed by atoms with Crippen LogP contribution >= 0.6 is 0 Å². The van der Waals surface area contributed by atoms with Crippen LogP contribution < -0.4 is 15.4 Å². The Balaban J connectivity index is 1.26. The predicted octanol–water partition coefficient (Wildman–Crippen LogP) is 4.73. The smallest absolute Gasteiger partial charge is 0.255 e. The van der Waals surface area contributed by atoms with Crippen LogP contribution in [0.5, 0.6) is 5.75 Å². The summed E-state index contributed by atoms with van der Waals surface area (Å²) >= 11 is 0. The fourth-order valence-electron chi connectivity index (χ4n) is 4.93. The molecule has 1 saturated heterocycles. The molecule has 0 unspecified atom stereocenters. The van der Waals surface area contributed by atoms with Gasteiger partial charge in [-0.2, -0.15) is 5.10 Å². The van der Waals surface area contributed by atoms with Crippen molar-refractivity contribution in [3.63, 3.8) is 0 Å². The lowest BCUT2D eigenvalue weighted by molar-refractivity contribution is 0.102. The molecule has 2 aromatic carbocycles. The number of benzene rings is 2. The highest BCUT2D eigenvalue weighted by molar-refractivity contribution is 6.05. The topological polar surface area (TPSA) is 95.2 Å². The lowest BCUT2D eigenvalue weighted by Gasteiger charge is -2.27. The van der Waals surface area contributed by atoms with Crippen molar-refractivity contribution in [3.05, 3.63) is 70.9 Å². The van der Waals surface area contributed by atoms with Crippen LogP contribution in [-0.2, 0) is 6.42 Å². The van der Waals surface area contributed by atoms with E-state index in [-0.39, 0.29) is 5.91 Å². The third-order valence-corrected chi connectivity index (χ3v) is 7.02. The Labute approximate surface area is 223 Å². The monoisotopic (exact) mass is 512 g/mol. The number of hydrogen-bond donors (Lipinski definition) is 3. The van der Waals surface area contributed by atoms with Crippen molar-refractivity contribution in [2.75, 3.05) is 44.6 Å². The van der Waals surface area contributed by atoms with Crippen molar-refractivity contribution < 1.29 is 9.53 Å². The molecule has 5 rings (SSSR count). The van der Waals surface area contributed by atoms with Gasteiger partial charge >= 0.3 is 0 Å². The number of ether oxygens (including phenoxy) is 1. The number of carbonyl (C=O) groups is 1. The van der Waals surface area contributed by atoms with Gasteiger partial charge in [0.05, 0.1) is 18.0 Å². The molecule has 0 bridgehead atoms. The zero-order valence-corrected chi connectivity index (χ0v) is 22.4. The van der Waals surface area contributed by atoms with E-state index in [4.69, 9.17) is 9.72 Å². The van der Waals surface area contributed by atoms with Gasteiger partial charge in [-0.05, 0) is 80.3 Å². The van der Waals surface area contributed by atoms with Gasteiger partial charge in [0.2, 0.25) is 0 Å². The Kier molecular flexibility index (Phi) is 8.00. The van der Waals surface area contributed by atoms with E-state index in [0.717, 1.165) is 96.1 Å². The first-order valence-corrected chi connectivity index (χ1v) is 13.4. The lowest BCUT2D eigenvalue weighted by Crippen LogP contribution is -2.43. The fourth-order valence-corrected chi connectivity index (χ4v) is 4.93. The Morgan fingerprint density at radius 1 is 1.08 bits per heavy atom. The van der Waals surface area contributed by atoms with Crippen LogP contribution in [0.15, 0.2) is 48.5 Å². The molecule has 0 radical (unpaired) electrons. The Morgan fingerprint density at radius 3 is 2.74 bits per heavy atom. The lowest BCUT2D eigenvalue weighted by atomic mass is 10.0. The zero-order valence-electron chi connectivity index (χ0n) is 22.4. The third kappa shape index (κ3) is 6.03. The van der Waals surface area contributed by atoms with Gasteiger partial charge in [0.15, 0.2) is 5.65 Å². The molecule has 1 aliphatic rings. The van der Waals surface area contributed by atoms with Gasteiger partial charge in [-0.3, -0.25) is 9.89 Å². The largest absolute Gasteiger partial charge is 0.494 e. The number of pyridine rings is 1. The summed E-state index contributed by atoms with van der Waals surface area (Å²) in [6.45, 7) is 12.0. The van der Waals surface area contributed by atoms with Crippen molar-refractivity contribution in [1.29, 1.82) is 0 Å². The molecule has 0 atom stereocenters. The molecule has 0 saturated carbocycles. The first kappa shape index (κ1) is 25.9. The molecular formula is C30H36N6O2. The highest BCUT2D eigenvalue weighted by atomic mass is 16.5. The minimum absolute atomic E-state index is 0.168. The van der Waals surface area contributed by atoms with Gasteiger partial charge in [0, 0.05) is 54.9 Å². The summed E-state index contributed by atoms with van der Waals surface area (Å²) in [6, 6.07) is 15.7. The number of nitrogens with one attached hydrogen (secondary N) is 3. The number of anilines is 1. The average molecular weight is 513 g/mol. The molecule has 3 heterocycles. The van der Waals surface area contributed by atoms with Crippen LogP contribution in [0, 0.1) is 13.8 Å². The van der Waals surface area contributed by atoms with Crippen LogP contribution in [0.1, 0.15) is 40.5 Å². The van der Waals surface area contributed by atoms with Gasteiger partial charge in [0.25, 0.3) is 5.91 Å². The number of aromatic amines is 1. The first-order valence-electron chi connectivity index (χ1n) is 13.4. The van der Waals surface area contributed by atoms with E-state index in [1.165, 1.54) is 0 Å². The summed E-state index contributed by atoms with van der Waals surface area (Å²) in [7, 11) is 0. The molecule has 1 aliphatic heterocycles. The Hall–Kier alpha value is -3.75. The fraction of sp³-hybridized carbons (Fsp3) is 0.367. The molecule has 198 valence electrons. The highest BCUT2D eigenvalue weighted by Gasteiger charge is 2.13. The number of piperazine rings is 1. The number of H-pyrrole nitrogens is 1. The number of carbonyl (C=O) groups excluding carboxylic acids is 1. The second kappa shape index (κ2) is 11.8. The van der Waals surface area contributed by atoms with Crippen molar-refractivity contribution in [3.8, 4) is 17.0 Å². The van der Waals surface area contributed by atoms with Gasteiger partial charge < -0.3 is 20.3 Å². The maximum absolute atomic E-state index is 13.2. The van der Waals surface area contributed by atoms with Gasteiger partial charge in [-0.15, -0.1) is 0 Å². The highest BCUT2D eigenvalue weighted by Crippen LogP contribution is 2.28. The van der Waals surface area contributed by atoms with E-state index in [0.29, 0.717) is 12.2 Å². The number of fused-ring (bicyclic) bond motifs is 1. The van der Waals surface area contributed by atoms with Gasteiger partial charge in [-0.1, -0.05) is 13.0 Å². The summed E-state index contributed by atoms with van der Waals surface area (Å²) < 4.78 is 6.02. The minimum atomic E-state index is -0.168. The van der Waals surface area contributed by atoms with Gasteiger partial charge in [-0.25, -0.2) is 4.98 Å². The Bertz CT molecular complexity index is 1420. The molecule has 38 heavy (non-hydrogen) atoms. The van der Waals surface area contributed by atoms with Crippen LogP contribution in [0.2, 0.25) is 0 Å². The van der Waals surface area contributed by atoms with E-state index in [9.17, 15) is 4.79 Å². The van der Waals surface area contributed by atoms with Crippen molar-refractivity contribution in [2.24, 2.45) is 0 Å². The SMILES string of the molecule is CCc1n[nH]c2nc(-c3cc(NC(=O)c4cc(C)cc(OCCCN5CCNCC5)c4)ccc3C)ccc12. The minimum Gasteiger partial charge on any atom is -0.494 e. The predicted molar refractivity (Wildman–Crippen MR) is 152 cm³/mol. The maximum atomic E-state index is 13.2. The molecule has 0 aliphatic carbocycles. The summed E-state index contributed by atoms with van der Waals surface area (Å²) in [6.07, 6.45) is 1.81. The standard InChI is InChI=1S/C30H36N6O2/c1-4-27-25-8-9-28(33-29(25)35-34-27)26-19-23(7-6-21(26)3)32-30(37)22-16-20(2)17-24(18-22)38-15-5-12-36-13-10-31-11-14-36/h6-9,16-19,31H,4-5,10-15H2,1-3H3,(H,32,37)(H,33,34,35). The molecule has 2 aromatic heterocycles. The van der Waals surface area contributed by atoms with Crippen LogP contribution in [-0.4, -0.2) is 65.3 Å². The summed E-state index contributed by atoms with van der Waals surface area (Å²) in [4.78, 5) is 20.4. The molecule has 4 aromatic rings. The van der Waals surface area contributed by atoms with E-state index >= 15 is 0 Å². The molecule has 1 fully saturated rings. The van der Waals surface area contributed by atoms with Crippen LogP contribution in [0.4, 0.5) is 5.69 Å². The average Bonchev–Trinajstić information content (AvgIpc) is 3.35. The number of amides is 1. The van der Waals surface area contributed by atoms with E-state index < -0.39 is 0 Å². The van der Waals surface area contributed by atoms with E-state index in [1.807, 2.05) is 56.3 Å². The van der Waals surface area contributed by atoms with Crippen LogP contribution in [0.25, 0.3) is 22.3 Å². The number of aromatic nitrogens is 3. The summed E-state index contributed by atoms with van der Waals surface area (Å²) in [5.41, 5.74) is 6.95. The number of aryl methyl sites for hydroxylation is 3. The molecule has 8 heteroatoms. The second-order valence-corrected chi connectivity index (χ2v) is 9.93. The quantitative estimate of drug-likeness (QED) is 0.281. The Morgan fingerprint density at radius 2 is 1.92 bits per heavy atom. The number of nitrogens with zero attached hydrogens (tertiary/aromatic N) is 3. The van der Waals surface area contributed by atoms with E-state index in [2.05, 4.69) is 38.7 Å². The van der Waals surface area contributed by atoms with Crippen molar-refractivity contribution in [1.82, 2.24) is 25.4 Å². The maximum Gasteiger partial charge on any atom is 0.255 e. The normalized spacial score (nSPS) is 14.1. The second-order valence-electron chi connectivity index (χ2n) is 9.93. The third-order valence-electron chi connectivity index (χ3n) is 7.02. The summed E-state index contributed by atoms with van der Waals surface area (Å²) in [5.74, 6) is 0.558. The van der Waals surface area contributed by atoms with Crippen molar-refractivity contribution >= 4 is 22.6 Å². The number of rotatable bonds is 9. The number of hydrogen-bond acceptors (Lipinski definition) is 6. The van der Waals surface area contributed by atoms with Gasteiger partial charge in [0.1, 0.15) is 5.75 Å². The van der Waals surface area contributed by atoms with Crippen LogP contribution in [0.3, 0.4) is 0 Å². The first-order chi connectivity index (χ1) is 18.5. The summed E-state index contributed by atoms with van der Waals surface area (Å²) in [5, 5.41) is 14.9. The molecule has 3 N–H and O–H groups in total. The van der Waals surface area contributed by atoms with Crippen molar-refractivity contribution in [2.45, 2.75) is 33.6 Å². The molecule has 0 spiro atoms. The molecule has 1 amide bonds. The zero-order chi connectivity index (χ0) is 26.5. The molecule has 8 nitrogen and oxygen atoms in total.